The Morgan fingerprint density at radius 1 is 1.20 bits per heavy atom. The molecule has 1 fully saturated rings. The lowest BCUT2D eigenvalue weighted by atomic mass is 9.69. The molecule has 0 bridgehead atoms. The lowest BCUT2D eigenvalue weighted by Gasteiger charge is -2.43. The minimum Gasteiger partial charge on any atom is -0.357 e. The van der Waals surface area contributed by atoms with Crippen molar-refractivity contribution in [2.24, 2.45) is 0 Å². The Bertz CT molecular complexity index is 487. The zero-order chi connectivity index (χ0) is 14.6. The first kappa shape index (κ1) is 14.6. The molecule has 0 radical (unpaired) electrons. The van der Waals surface area contributed by atoms with Crippen molar-refractivity contribution < 1.29 is 9.59 Å². The third-order valence-electron chi connectivity index (χ3n) is 4.14. The molecule has 1 aromatic rings. The van der Waals surface area contributed by atoms with Crippen LogP contribution in [0.5, 0.6) is 0 Å². The number of amides is 2. The van der Waals surface area contributed by atoms with Crippen molar-refractivity contribution in [3.05, 3.63) is 35.9 Å². The topological polar surface area (TPSA) is 58.2 Å². The van der Waals surface area contributed by atoms with Crippen LogP contribution in [-0.4, -0.2) is 24.4 Å². The highest BCUT2D eigenvalue weighted by Crippen LogP contribution is 2.41. The van der Waals surface area contributed by atoms with Crippen LogP contribution in [0.1, 0.15) is 44.1 Å². The summed E-state index contributed by atoms with van der Waals surface area (Å²) in [5.41, 5.74) is 0.296. The van der Waals surface area contributed by atoms with E-state index in [0.717, 1.165) is 24.8 Å². The molecular weight excluding hydrogens is 252 g/mol. The van der Waals surface area contributed by atoms with E-state index in [0.29, 0.717) is 6.42 Å². The van der Waals surface area contributed by atoms with Gasteiger partial charge in [0.2, 0.25) is 11.8 Å². The van der Waals surface area contributed by atoms with E-state index in [9.17, 15) is 9.59 Å². The summed E-state index contributed by atoms with van der Waals surface area (Å²) in [6.07, 6.45) is 3.64. The third kappa shape index (κ3) is 2.69. The van der Waals surface area contributed by atoms with Crippen molar-refractivity contribution >= 4 is 11.8 Å². The van der Waals surface area contributed by atoms with Gasteiger partial charge in [0.15, 0.2) is 0 Å². The minimum absolute atomic E-state index is 0.0290. The molecule has 0 spiro atoms. The Morgan fingerprint density at radius 3 is 2.50 bits per heavy atom. The van der Waals surface area contributed by atoms with Crippen molar-refractivity contribution in [1.82, 2.24) is 10.6 Å². The van der Waals surface area contributed by atoms with Crippen molar-refractivity contribution in [1.29, 1.82) is 0 Å². The third-order valence-corrected chi connectivity index (χ3v) is 4.14. The van der Waals surface area contributed by atoms with Gasteiger partial charge in [0.05, 0.1) is 0 Å². The SMILES string of the molecule is CNC(=O)[C@@]1(NC(C)=O)CCCC[C@@H]1c1ccccc1. The smallest absolute Gasteiger partial charge is 0.246 e. The van der Waals surface area contributed by atoms with Crippen LogP contribution in [0.15, 0.2) is 30.3 Å². The van der Waals surface area contributed by atoms with Gasteiger partial charge in [-0.25, -0.2) is 0 Å². The molecular formula is C16H22N2O2. The van der Waals surface area contributed by atoms with E-state index < -0.39 is 5.54 Å². The Balaban J connectivity index is 2.44. The van der Waals surface area contributed by atoms with Crippen LogP contribution in [0.2, 0.25) is 0 Å². The van der Waals surface area contributed by atoms with E-state index in [2.05, 4.69) is 10.6 Å². The zero-order valence-electron chi connectivity index (χ0n) is 12.1. The fourth-order valence-corrected chi connectivity index (χ4v) is 3.32. The second kappa shape index (κ2) is 6.07. The summed E-state index contributed by atoms with van der Waals surface area (Å²) in [5, 5.41) is 5.67. The Labute approximate surface area is 119 Å². The van der Waals surface area contributed by atoms with Gasteiger partial charge in [0, 0.05) is 19.9 Å². The van der Waals surface area contributed by atoms with Gasteiger partial charge in [-0.15, -0.1) is 0 Å². The van der Waals surface area contributed by atoms with E-state index in [1.54, 1.807) is 7.05 Å². The largest absolute Gasteiger partial charge is 0.357 e. The summed E-state index contributed by atoms with van der Waals surface area (Å²) >= 11 is 0. The Kier molecular flexibility index (Phi) is 4.42. The van der Waals surface area contributed by atoms with Crippen molar-refractivity contribution in [2.75, 3.05) is 7.05 Å². The standard InChI is InChI=1S/C16H22N2O2/c1-12(19)18-16(15(20)17-2)11-7-6-10-14(16)13-8-4-3-5-9-13/h3-5,8-9,14H,6-7,10-11H2,1-2H3,(H,17,20)(H,18,19)/t14-,16-/m1/s1. The van der Waals surface area contributed by atoms with E-state index in [-0.39, 0.29) is 17.7 Å². The normalized spacial score (nSPS) is 25.8. The van der Waals surface area contributed by atoms with Crippen LogP contribution in [-0.2, 0) is 9.59 Å². The maximum Gasteiger partial charge on any atom is 0.246 e. The highest BCUT2D eigenvalue weighted by Gasteiger charge is 2.47. The first-order valence-electron chi connectivity index (χ1n) is 7.16. The molecule has 1 aliphatic rings. The highest BCUT2D eigenvalue weighted by molar-refractivity contribution is 5.92. The molecule has 20 heavy (non-hydrogen) atoms. The summed E-state index contributed by atoms with van der Waals surface area (Å²) in [6.45, 7) is 1.47. The number of nitrogens with one attached hydrogen (secondary N) is 2. The zero-order valence-corrected chi connectivity index (χ0v) is 12.1. The van der Waals surface area contributed by atoms with Crippen molar-refractivity contribution in [2.45, 2.75) is 44.1 Å². The molecule has 4 nitrogen and oxygen atoms in total. The lowest BCUT2D eigenvalue weighted by Crippen LogP contribution is -2.62. The average Bonchev–Trinajstić information content (AvgIpc) is 2.47. The average molecular weight is 274 g/mol. The first-order valence-corrected chi connectivity index (χ1v) is 7.16. The molecule has 0 aliphatic heterocycles. The number of likely N-dealkylation sites (N-methyl/N-ethyl adjacent to an activating group) is 1. The van der Waals surface area contributed by atoms with Crippen LogP contribution < -0.4 is 10.6 Å². The number of rotatable bonds is 3. The Morgan fingerprint density at radius 2 is 1.90 bits per heavy atom. The monoisotopic (exact) mass is 274 g/mol. The molecule has 0 saturated heterocycles. The quantitative estimate of drug-likeness (QED) is 0.885. The molecule has 1 aliphatic carbocycles. The summed E-state index contributed by atoms with van der Waals surface area (Å²) in [4.78, 5) is 24.1. The molecule has 2 atom stereocenters. The molecule has 2 amide bonds. The molecule has 108 valence electrons. The van der Waals surface area contributed by atoms with Crippen molar-refractivity contribution in [3.8, 4) is 0 Å². The molecule has 2 N–H and O–H groups in total. The van der Waals surface area contributed by atoms with Gasteiger partial charge in [-0.1, -0.05) is 43.2 Å². The molecule has 1 aromatic carbocycles. The van der Waals surface area contributed by atoms with Crippen LogP contribution in [0.3, 0.4) is 0 Å². The first-order chi connectivity index (χ1) is 9.60. The summed E-state index contributed by atoms with van der Waals surface area (Å²) in [6, 6.07) is 10.00. The summed E-state index contributed by atoms with van der Waals surface area (Å²) in [5.74, 6) is -0.223. The number of hydrogen-bond acceptors (Lipinski definition) is 2. The second-order valence-electron chi connectivity index (χ2n) is 5.44. The lowest BCUT2D eigenvalue weighted by molar-refractivity contribution is -0.134. The number of carbonyl (C=O) groups is 2. The van der Waals surface area contributed by atoms with Crippen LogP contribution in [0, 0.1) is 0 Å². The maximum absolute atomic E-state index is 12.5. The van der Waals surface area contributed by atoms with Crippen LogP contribution in [0.4, 0.5) is 0 Å². The van der Waals surface area contributed by atoms with E-state index >= 15 is 0 Å². The van der Waals surface area contributed by atoms with E-state index in [1.165, 1.54) is 6.92 Å². The predicted molar refractivity (Wildman–Crippen MR) is 78.3 cm³/mol. The maximum atomic E-state index is 12.5. The summed E-state index contributed by atoms with van der Waals surface area (Å²) < 4.78 is 0. The van der Waals surface area contributed by atoms with Gasteiger partial charge < -0.3 is 10.6 Å². The number of carbonyl (C=O) groups excluding carboxylic acids is 2. The molecule has 1 saturated carbocycles. The molecule has 4 heteroatoms. The van der Waals surface area contributed by atoms with Crippen molar-refractivity contribution in [3.63, 3.8) is 0 Å². The van der Waals surface area contributed by atoms with E-state index in [1.807, 2.05) is 30.3 Å². The number of hydrogen-bond donors (Lipinski definition) is 2. The van der Waals surface area contributed by atoms with Gasteiger partial charge in [0.25, 0.3) is 0 Å². The predicted octanol–water partition coefficient (Wildman–Crippen LogP) is 1.97. The van der Waals surface area contributed by atoms with E-state index in [4.69, 9.17) is 0 Å². The van der Waals surface area contributed by atoms with Crippen LogP contribution in [0.25, 0.3) is 0 Å². The molecule has 2 rings (SSSR count). The number of benzene rings is 1. The van der Waals surface area contributed by atoms with Crippen LogP contribution >= 0.6 is 0 Å². The van der Waals surface area contributed by atoms with Gasteiger partial charge in [-0.2, -0.15) is 0 Å². The fraction of sp³-hybridized carbons (Fsp3) is 0.500. The minimum atomic E-state index is -0.819. The van der Waals surface area contributed by atoms with Gasteiger partial charge in [0.1, 0.15) is 5.54 Å². The Hall–Kier alpha value is -1.84. The molecule has 0 heterocycles. The second-order valence-corrected chi connectivity index (χ2v) is 5.44. The van der Waals surface area contributed by atoms with Gasteiger partial charge in [-0.05, 0) is 18.4 Å². The molecule has 0 unspecified atom stereocenters. The van der Waals surface area contributed by atoms with Gasteiger partial charge in [-0.3, -0.25) is 9.59 Å². The fourth-order valence-electron chi connectivity index (χ4n) is 3.32. The summed E-state index contributed by atoms with van der Waals surface area (Å²) in [7, 11) is 1.63. The van der Waals surface area contributed by atoms with Gasteiger partial charge >= 0.3 is 0 Å². The highest BCUT2D eigenvalue weighted by atomic mass is 16.2. The molecule has 0 aromatic heterocycles.